The van der Waals surface area contributed by atoms with Gasteiger partial charge in [-0.25, -0.2) is 9.78 Å². The second-order valence-corrected chi connectivity index (χ2v) is 4.66. The zero-order chi connectivity index (χ0) is 11.9. The second kappa shape index (κ2) is 3.41. The molecule has 0 amide bonds. The molecule has 16 heavy (non-hydrogen) atoms. The molecule has 2 aromatic heterocycles. The lowest BCUT2D eigenvalue weighted by atomic mass is 10.3. The third-order valence-corrected chi connectivity index (χ3v) is 2.96. The Balaban J connectivity index is 2.75. The number of imidazole rings is 1. The maximum absolute atomic E-state index is 11.1. The number of hydrogen-bond acceptors (Lipinski definition) is 3. The van der Waals surface area contributed by atoms with E-state index in [1.54, 1.807) is 0 Å². The number of carbonyl (C=O) groups is 1. The van der Waals surface area contributed by atoms with Gasteiger partial charge in [0.05, 0.1) is 11.8 Å². The van der Waals surface area contributed by atoms with E-state index in [-0.39, 0.29) is 16.6 Å². The molecule has 2 heterocycles. The van der Waals surface area contributed by atoms with Crippen molar-refractivity contribution >= 4 is 24.6 Å². The van der Waals surface area contributed by atoms with Crippen LogP contribution in [-0.2, 0) is 4.57 Å². The van der Waals surface area contributed by atoms with Gasteiger partial charge in [-0.3, -0.25) is 8.97 Å². The normalized spacial score (nSPS) is 11.9. The van der Waals surface area contributed by atoms with Gasteiger partial charge < -0.3 is 14.9 Å². The third kappa shape index (κ3) is 1.71. The molecular formula is C8H7N2O5P. The van der Waals surface area contributed by atoms with Gasteiger partial charge >= 0.3 is 13.6 Å². The predicted molar refractivity (Wildman–Crippen MR) is 53.8 cm³/mol. The smallest absolute Gasteiger partial charge is 0.374 e. The number of carboxylic acid groups (broad SMARTS) is 1. The molecule has 0 aliphatic carbocycles. The largest absolute Gasteiger partial charge is 0.478 e. The van der Waals surface area contributed by atoms with Crippen LogP contribution in [0.2, 0.25) is 0 Å². The summed E-state index contributed by atoms with van der Waals surface area (Å²) in [5.41, 5.74) is -0.117. The van der Waals surface area contributed by atoms with Gasteiger partial charge in [-0.05, 0) is 12.1 Å². The first-order chi connectivity index (χ1) is 7.39. The predicted octanol–water partition coefficient (Wildman–Crippen LogP) is -0.165. The van der Waals surface area contributed by atoms with Crippen LogP contribution in [0.1, 0.15) is 10.4 Å². The summed E-state index contributed by atoms with van der Waals surface area (Å²) in [6.45, 7) is 0. The van der Waals surface area contributed by atoms with Gasteiger partial charge in [0.15, 0.2) is 5.44 Å². The molecule has 7 nitrogen and oxygen atoms in total. The molecule has 2 rings (SSSR count). The fraction of sp³-hybridized carbons (Fsp3) is 0. The summed E-state index contributed by atoms with van der Waals surface area (Å²) in [7, 11) is -4.46. The van der Waals surface area contributed by atoms with Gasteiger partial charge in [0.2, 0.25) is 0 Å². The van der Waals surface area contributed by atoms with Gasteiger partial charge in [-0.15, -0.1) is 0 Å². The van der Waals surface area contributed by atoms with Crippen LogP contribution in [0, 0.1) is 0 Å². The highest BCUT2D eigenvalue weighted by atomic mass is 31.2. The number of carboxylic acids is 1. The van der Waals surface area contributed by atoms with E-state index in [0.717, 1.165) is 16.8 Å². The van der Waals surface area contributed by atoms with Crippen LogP contribution in [0.4, 0.5) is 0 Å². The SMILES string of the molecule is O=C(O)c1ccc2ncc(P(=O)(O)O)n2c1. The van der Waals surface area contributed by atoms with Crippen molar-refractivity contribution in [3.05, 3.63) is 30.1 Å². The Morgan fingerprint density at radius 1 is 1.38 bits per heavy atom. The van der Waals surface area contributed by atoms with E-state index >= 15 is 0 Å². The van der Waals surface area contributed by atoms with E-state index in [1.165, 1.54) is 12.1 Å². The maximum atomic E-state index is 11.1. The maximum Gasteiger partial charge on any atom is 0.374 e. The minimum atomic E-state index is -4.46. The molecule has 0 atom stereocenters. The van der Waals surface area contributed by atoms with E-state index < -0.39 is 13.6 Å². The minimum absolute atomic E-state index is 0.0693. The van der Waals surface area contributed by atoms with Crippen molar-refractivity contribution in [3.63, 3.8) is 0 Å². The Hall–Kier alpha value is -1.69. The Bertz CT molecular complexity index is 614. The van der Waals surface area contributed by atoms with E-state index in [1.807, 2.05) is 0 Å². The Morgan fingerprint density at radius 2 is 2.06 bits per heavy atom. The lowest BCUT2D eigenvalue weighted by molar-refractivity contribution is 0.0696. The number of nitrogens with zero attached hydrogens (tertiary/aromatic N) is 2. The standard InChI is InChI=1S/C8H7N2O5P/c11-8(12)5-1-2-6-9-3-7(10(6)4-5)16(13,14)15/h1-4H,(H,11,12)(H2,13,14,15). The average molecular weight is 242 g/mol. The van der Waals surface area contributed by atoms with Crippen LogP contribution in [0.15, 0.2) is 24.5 Å². The van der Waals surface area contributed by atoms with Crippen molar-refractivity contribution in [3.8, 4) is 0 Å². The first kappa shape index (κ1) is 10.8. The van der Waals surface area contributed by atoms with Crippen LogP contribution in [0.5, 0.6) is 0 Å². The number of aromatic nitrogens is 2. The molecule has 2 aromatic rings. The molecule has 0 bridgehead atoms. The second-order valence-electron chi connectivity index (χ2n) is 3.11. The van der Waals surface area contributed by atoms with Crippen LogP contribution in [-0.4, -0.2) is 30.2 Å². The van der Waals surface area contributed by atoms with E-state index in [2.05, 4.69) is 4.98 Å². The fourth-order valence-electron chi connectivity index (χ4n) is 1.31. The molecule has 0 saturated heterocycles. The number of hydrogen-bond donors (Lipinski definition) is 3. The zero-order valence-electron chi connectivity index (χ0n) is 7.81. The molecule has 0 fully saturated rings. The Labute approximate surface area is 89.1 Å². The molecule has 0 saturated carbocycles. The van der Waals surface area contributed by atoms with E-state index in [9.17, 15) is 9.36 Å². The number of pyridine rings is 1. The van der Waals surface area contributed by atoms with Gasteiger partial charge in [0.25, 0.3) is 0 Å². The molecular weight excluding hydrogens is 235 g/mol. The topological polar surface area (TPSA) is 112 Å². The van der Waals surface area contributed by atoms with Gasteiger partial charge in [0.1, 0.15) is 5.65 Å². The number of rotatable bonds is 2. The van der Waals surface area contributed by atoms with Crippen LogP contribution < -0.4 is 5.44 Å². The summed E-state index contributed by atoms with van der Waals surface area (Å²) in [4.78, 5) is 32.5. The fourth-order valence-corrected chi connectivity index (χ4v) is 1.96. The molecule has 3 N–H and O–H groups in total. The first-order valence-corrected chi connectivity index (χ1v) is 5.77. The van der Waals surface area contributed by atoms with Gasteiger partial charge in [0, 0.05) is 6.20 Å². The van der Waals surface area contributed by atoms with Crippen molar-refractivity contribution in [2.45, 2.75) is 0 Å². The Morgan fingerprint density at radius 3 is 2.62 bits per heavy atom. The lowest BCUT2D eigenvalue weighted by Gasteiger charge is -2.03. The molecule has 84 valence electrons. The lowest BCUT2D eigenvalue weighted by Crippen LogP contribution is -2.11. The quantitative estimate of drug-likeness (QED) is 0.630. The average Bonchev–Trinajstić information content (AvgIpc) is 2.58. The molecule has 0 aromatic carbocycles. The van der Waals surface area contributed by atoms with Gasteiger partial charge in [-0.2, -0.15) is 0 Å². The van der Waals surface area contributed by atoms with E-state index in [0.29, 0.717) is 0 Å². The van der Waals surface area contributed by atoms with Crippen LogP contribution in [0.25, 0.3) is 5.65 Å². The summed E-state index contributed by atoms with van der Waals surface area (Å²) in [6, 6.07) is 2.69. The van der Waals surface area contributed by atoms with Crippen molar-refractivity contribution < 1.29 is 24.3 Å². The molecule has 0 radical (unpaired) electrons. The highest BCUT2D eigenvalue weighted by Crippen LogP contribution is 2.33. The minimum Gasteiger partial charge on any atom is -0.478 e. The van der Waals surface area contributed by atoms with Crippen molar-refractivity contribution in [1.82, 2.24) is 9.38 Å². The number of aromatic carboxylic acids is 1. The first-order valence-electron chi connectivity index (χ1n) is 4.16. The number of fused-ring (bicyclic) bond motifs is 1. The summed E-state index contributed by atoms with van der Waals surface area (Å²) in [6.07, 6.45) is 2.15. The monoisotopic (exact) mass is 242 g/mol. The molecule has 0 aliphatic rings. The summed E-state index contributed by atoms with van der Waals surface area (Å²) in [5, 5.41) is 8.75. The van der Waals surface area contributed by atoms with Crippen molar-refractivity contribution in [2.24, 2.45) is 0 Å². The van der Waals surface area contributed by atoms with Gasteiger partial charge in [-0.1, -0.05) is 0 Å². The van der Waals surface area contributed by atoms with Crippen LogP contribution >= 0.6 is 7.60 Å². The van der Waals surface area contributed by atoms with Crippen LogP contribution in [0.3, 0.4) is 0 Å². The molecule has 8 heteroatoms. The third-order valence-electron chi connectivity index (χ3n) is 2.03. The molecule has 0 aliphatic heterocycles. The summed E-state index contributed by atoms with van der Waals surface area (Å²) < 4.78 is 12.1. The zero-order valence-corrected chi connectivity index (χ0v) is 8.70. The summed E-state index contributed by atoms with van der Waals surface area (Å²) in [5.74, 6) is -1.17. The summed E-state index contributed by atoms with van der Waals surface area (Å²) >= 11 is 0. The molecule has 0 unspecified atom stereocenters. The highest BCUT2D eigenvalue weighted by molar-refractivity contribution is 7.60. The van der Waals surface area contributed by atoms with Crippen molar-refractivity contribution in [1.29, 1.82) is 0 Å². The Kier molecular flexibility index (Phi) is 2.31. The highest BCUT2D eigenvalue weighted by Gasteiger charge is 2.22. The van der Waals surface area contributed by atoms with Crippen molar-refractivity contribution in [2.75, 3.05) is 0 Å². The van der Waals surface area contributed by atoms with E-state index in [4.69, 9.17) is 14.9 Å². The molecule has 0 spiro atoms.